The molecule has 0 amide bonds. The average molecular weight is 231 g/mol. The first kappa shape index (κ1) is 12.3. The summed E-state index contributed by atoms with van der Waals surface area (Å²) in [6.07, 6.45) is 7.20. The minimum Gasteiger partial charge on any atom is -0.271 e. The lowest BCUT2D eigenvalue weighted by Gasteiger charge is -2.24. The fourth-order valence-electron chi connectivity index (χ4n) is 2.52. The Morgan fingerprint density at radius 1 is 1.29 bits per heavy atom. The number of rotatable bonds is 3. The van der Waals surface area contributed by atoms with Crippen LogP contribution in [-0.4, -0.2) is 4.98 Å². The van der Waals surface area contributed by atoms with Crippen molar-refractivity contribution in [2.24, 2.45) is 5.84 Å². The molecule has 0 aromatic carbocycles. The van der Waals surface area contributed by atoms with E-state index in [1.807, 2.05) is 6.92 Å². The molecule has 0 aliphatic heterocycles. The molecule has 17 heavy (non-hydrogen) atoms. The van der Waals surface area contributed by atoms with Gasteiger partial charge in [0, 0.05) is 11.4 Å². The first-order valence-electron chi connectivity index (χ1n) is 6.31. The summed E-state index contributed by atoms with van der Waals surface area (Å²) in [6.45, 7) is 4.07. The van der Waals surface area contributed by atoms with Crippen molar-refractivity contribution in [2.45, 2.75) is 45.6 Å². The number of aryl methyl sites for hydroxylation is 2. The Morgan fingerprint density at radius 2 is 2.12 bits per heavy atom. The molecule has 0 saturated carbocycles. The molecule has 0 fully saturated rings. The van der Waals surface area contributed by atoms with Gasteiger partial charge in [0.25, 0.3) is 0 Å². The zero-order chi connectivity index (χ0) is 12.3. The molecule has 1 atom stereocenters. The third kappa shape index (κ3) is 2.73. The Hall–Kier alpha value is -1.19. The van der Waals surface area contributed by atoms with Crippen LogP contribution in [-0.2, 0) is 0 Å². The van der Waals surface area contributed by atoms with Gasteiger partial charge in [-0.15, -0.1) is 0 Å². The first-order valence-corrected chi connectivity index (χ1v) is 6.31. The molecule has 0 spiro atoms. The van der Waals surface area contributed by atoms with Gasteiger partial charge in [0.2, 0.25) is 0 Å². The molecule has 0 radical (unpaired) electrons. The molecular formula is C14H21N3. The highest BCUT2D eigenvalue weighted by Gasteiger charge is 2.18. The Balaban J connectivity index is 2.31. The summed E-state index contributed by atoms with van der Waals surface area (Å²) in [5, 5.41) is 0. The molecule has 1 heterocycles. The number of hydrogen-bond donors (Lipinski definition) is 2. The van der Waals surface area contributed by atoms with Crippen LogP contribution in [0.15, 0.2) is 23.8 Å². The number of allylic oxidation sites excluding steroid dienone is 1. The number of hydrogen-bond acceptors (Lipinski definition) is 3. The Morgan fingerprint density at radius 3 is 2.71 bits per heavy atom. The second kappa shape index (κ2) is 5.43. The van der Waals surface area contributed by atoms with Crippen molar-refractivity contribution in [3.05, 3.63) is 40.7 Å². The zero-order valence-electron chi connectivity index (χ0n) is 10.7. The van der Waals surface area contributed by atoms with E-state index < -0.39 is 0 Å². The van der Waals surface area contributed by atoms with E-state index in [0.717, 1.165) is 17.8 Å². The highest BCUT2D eigenvalue weighted by molar-refractivity contribution is 5.32. The van der Waals surface area contributed by atoms with Crippen LogP contribution in [0.5, 0.6) is 0 Å². The van der Waals surface area contributed by atoms with E-state index in [1.54, 1.807) is 0 Å². The van der Waals surface area contributed by atoms with Gasteiger partial charge in [-0.3, -0.25) is 10.8 Å². The summed E-state index contributed by atoms with van der Waals surface area (Å²) in [4.78, 5) is 4.51. The van der Waals surface area contributed by atoms with E-state index >= 15 is 0 Å². The number of nitrogens with one attached hydrogen (secondary N) is 1. The van der Waals surface area contributed by atoms with Crippen LogP contribution in [0.2, 0.25) is 0 Å². The highest BCUT2D eigenvalue weighted by Crippen LogP contribution is 2.30. The van der Waals surface area contributed by atoms with Gasteiger partial charge >= 0.3 is 0 Å². The lowest BCUT2D eigenvalue weighted by Crippen LogP contribution is -2.30. The summed E-state index contributed by atoms with van der Waals surface area (Å²) in [6, 6.07) is 4.32. The largest absolute Gasteiger partial charge is 0.271 e. The van der Waals surface area contributed by atoms with Gasteiger partial charge in [0.1, 0.15) is 0 Å². The number of nitrogens with two attached hydrogens (primary N) is 1. The molecule has 3 N–H and O–H groups in total. The lowest BCUT2D eigenvalue weighted by atomic mass is 9.89. The molecule has 3 heteroatoms. The van der Waals surface area contributed by atoms with Crippen LogP contribution in [0.4, 0.5) is 0 Å². The third-order valence-electron chi connectivity index (χ3n) is 3.44. The van der Waals surface area contributed by atoms with Crippen molar-refractivity contribution in [3.63, 3.8) is 0 Å². The van der Waals surface area contributed by atoms with Gasteiger partial charge in [-0.2, -0.15) is 0 Å². The van der Waals surface area contributed by atoms with Crippen molar-refractivity contribution in [1.82, 2.24) is 10.4 Å². The van der Waals surface area contributed by atoms with Crippen molar-refractivity contribution >= 4 is 0 Å². The van der Waals surface area contributed by atoms with Gasteiger partial charge in [-0.25, -0.2) is 5.43 Å². The number of nitrogens with zero attached hydrogens (tertiary/aromatic N) is 1. The van der Waals surface area contributed by atoms with E-state index in [-0.39, 0.29) is 6.04 Å². The Bertz CT molecular complexity index is 423. The quantitative estimate of drug-likeness (QED) is 0.478. The molecular weight excluding hydrogens is 210 g/mol. The van der Waals surface area contributed by atoms with E-state index in [2.05, 4.69) is 35.5 Å². The molecule has 1 aromatic rings. The van der Waals surface area contributed by atoms with Crippen molar-refractivity contribution in [2.75, 3.05) is 0 Å². The normalized spacial score (nSPS) is 17.7. The standard InChI is InChI=1S/C14H21N3/c1-10-8-9-13(11(2)16-10)14(17-15)12-6-4-3-5-7-12/h6,8-9,14,17H,3-5,7,15H2,1-2H3. The molecule has 0 bridgehead atoms. The number of aromatic nitrogens is 1. The number of hydrazine groups is 1. The van der Waals surface area contributed by atoms with Gasteiger partial charge in [-0.1, -0.05) is 17.7 Å². The summed E-state index contributed by atoms with van der Waals surface area (Å²) in [5.74, 6) is 5.72. The Labute approximate surface area is 103 Å². The molecule has 1 aliphatic rings. The summed E-state index contributed by atoms with van der Waals surface area (Å²) >= 11 is 0. The predicted octanol–water partition coefficient (Wildman–Crippen LogP) is 2.70. The second-order valence-corrected chi connectivity index (χ2v) is 4.75. The summed E-state index contributed by atoms with van der Waals surface area (Å²) < 4.78 is 0. The first-order chi connectivity index (χ1) is 8.22. The lowest BCUT2D eigenvalue weighted by molar-refractivity contribution is 0.562. The highest BCUT2D eigenvalue weighted by atomic mass is 15.2. The number of pyridine rings is 1. The summed E-state index contributed by atoms with van der Waals surface area (Å²) in [5.41, 5.74) is 7.67. The van der Waals surface area contributed by atoms with Gasteiger partial charge in [-0.05, 0) is 51.2 Å². The smallest absolute Gasteiger partial charge is 0.0687 e. The van der Waals surface area contributed by atoms with E-state index in [4.69, 9.17) is 5.84 Å². The minimum absolute atomic E-state index is 0.128. The van der Waals surface area contributed by atoms with Crippen LogP contribution in [0, 0.1) is 13.8 Å². The molecule has 92 valence electrons. The van der Waals surface area contributed by atoms with E-state index in [9.17, 15) is 0 Å². The predicted molar refractivity (Wildman–Crippen MR) is 70.3 cm³/mol. The molecule has 1 aliphatic carbocycles. The maximum atomic E-state index is 5.72. The van der Waals surface area contributed by atoms with Crippen LogP contribution in [0.3, 0.4) is 0 Å². The van der Waals surface area contributed by atoms with Crippen molar-refractivity contribution < 1.29 is 0 Å². The fourth-order valence-corrected chi connectivity index (χ4v) is 2.52. The van der Waals surface area contributed by atoms with Crippen LogP contribution >= 0.6 is 0 Å². The molecule has 1 unspecified atom stereocenters. The fraction of sp³-hybridized carbons (Fsp3) is 0.500. The minimum atomic E-state index is 0.128. The van der Waals surface area contributed by atoms with E-state index in [1.165, 1.54) is 30.4 Å². The van der Waals surface area contributed by atoms with E-state index in [0.29, 0.717) is 0 Å². The maximum absolute atomic E-state index is 5.72. The monoisotopic (exact) mass is 231 g/mol. The Kier molecular flexibility index (Phi) is 3.92. The zero-order valence-corrected chi connectivity index (χ0v) is 10.7. The molecule has 3 nitrogen and oxygen atoms in total. The average Bonchev–Trinajstić information content (AvgIpc) is 2.34. The molecule has 1 aromatic heterocycles. The van der Waals surface area contributed by atoms with Crippen LogP contribution in [0.1, 0.15) is 48.7 Å². The van der Waals surface area contributed by atoms with Crippen LogP contribution < -0.4 is 11.3 Å². The van der Waals surface area contributed by atoms with Gasteiger partial charge < -0.3 is 0 Å². The van der Waals surface area contributed by atoms with Crippen molar-refractivity contribution in [3.8, 4) is 0 Å². The molecule has 2 rings (SSSR count). The topological polar surface area (TPSA) is 50.9 Å². The third-order valence-corrected chi connectivity index (χ3v) is 3.44. The van der Waals surface area contributed by atoms with Gasteiger partial charge in [0.15, 0.2) is 0 Å². The van der Waals surface area contributed by atoms with Crippen LogP contribution in [0.25, 0.3) is 0 Å². The van der Waals surface area contributed by atoms with Crippen molar-refractivity contribution in [1.29, 1.82) is 0 Å². The molecule has 0 saturated heterocycles. The second-order valence-electron chi connectivity index (χ2n) is 4.75. The SMILES string of the molecule is Cc1ccc(C(NN)C2=CCCCC2)c(C)n1. The van der Waals surface area contributed by atoms with Gasteiger partial charge in [0.05, 0.1) is 6.04 Å². The summed E-state index contributed by atoms with van der Waals surface area (Å²) in [7, 11) is 0. The maximum Gasteiger partial charge on any atom is 0.0687 e.